The number of benzene rings is 1. The molecule has 0 aliphatic heterocycles. The SMILES string of the molecule is CSC1(CNS(=O)(=O)c2cc(CN)cc(F)c2F)CC1. The van der Waals surface area contributed by atoms with Crippen molar-refractivity contribution in [3.8, 4) is 0 Å². The Bertz CT molecular complexity index is 616. The van der Waals surface area contributed by atoms with Gasteiger partial charge in [-0.05, 0) is 36.8 Å². The predicted octanol–water partition coefficient (Wildman–Crippen LogP) is 1.60. The largest absolute Gasteiger partial charge is 0.326 e. The summed E-state index contributed by atoms with van der Waals surface area (Å²) in [6.07, 6.45) is 3.73. The minimum atomic E-state index is -4.08. The summed E-state index contributed by atoms with van der Waals surface area (Å²) >= 11 is 1.57. The maximum Gasteiger partial charge on any atom is 0.243 e. The van der Waals surface area contributed by atoms with E-state index in [1.165, 1.54) is 0 Å². The third-order valence-corrected chi connectivity index (χ3v) is 6.22. The van der Waals surface area contributed by atoms with Gasteiger partial charge in [-0.2, -0.15) is 11.8 Å². The van der Waals surface area contributed by atoms with Crippen molar-refractivity contribution in [2.45, 2.75) is 29.0 Å². The molecule has 0 atom stereocenters. The maximum absolute atomic E-state index is 13.7. The molecule has 0 radical (unpaired) electrons. The highest BCUT2D eigenvalue weighted by molar-refractivity contribution is 8.00. The van der Waals surface area contributed by atoms with E-state index in [1.54, 1.807) is 11.8 Å². The summed E-state index contributed by atoms with van der Waals surface area (Å²) in [5.74, 6) is -2.58. The molecule has 0 amide bonds. The maximum atomic E-state index is 13.7. The minimum absolute atomic E-state index is 0.0610. The Morgan fingerprint density at radius 2 is 2.05 bits per heavy atom. The Kier molecular flexibility index (Phi) is 4.38. The van der Waals surface area contributed by atoms with Gasteiger partial charge in [0.1, 0.15) is 4.90 Å². The quantitative estimate of drug-likeness (QED) is 0.834. The van der Waals surface area contributed by atoms with Crippen molar-refractivity contribution in [1.29, 1.82) is 0 Å². The van der Waals surface area contributed by atoms with Crippen LogP contribution in [0.1, 0.15) is 18.4 Å². The van der Waals surface area contributed by atoms with Gasteiger partial charge in [-0.15, -0.1) is 0 Å². The van der Waals surface area contributed by atoms with Gasteiger partial charge < -0.3 is 5.73 Å². The molecular weight excluding hydrogens is 306 g/mol. The van der Waals surface area contributed by atoms with Crippen LogP contribution in [-0.2, 0) is 16.6 Å². The van der Waals surface area contributed by atoms with Gasteiger partial charge in [-0.25, -0.2) is 21.9 Å². The molecule has 1 aliphatic rings. The van der Waals surface area contributed by atoms with Gasteiger partial charge in [0.25, 0.3) is 0 Å². The molecule has 0 saturated heterocycles. The van der Waals surface area contributed by atoms with Gasteiger partial charge >= 0.3 is 0 Å². The number of halogens is 2. The van der Waals surface area contributed by atoms with E-state index in [4.69, 9.17) is 5.73 Å². The average molecular weight is 322 g/mol. The van der Waals surface area contributed by atoms with E-state index >= 15 is 0 Å². The Balaban J connectivity index is 2.27. The van der Waals surface area contributed by atoms with Crippen LogP contribution in [0.3, 0.4) is 0 Å². The molecule has 0 spiro atoms. The molecule has 1 aliphatic carbocycles. The van der Waals surface area contributed by atoms with E-state index < -0.39 is 26.6 Å². The predicted molar refractivity (Wildman–Crippen MR) is 74.9 cm³/mol. The van der Waals surface area contributed by atoms with Crippen molar-refractivity contribution in [2.75, 3.05) is 12.8 Å². The van der Waals surface area contributed by atoms with E-state index in [0.717, 1.165) is 25.0 Å². The van der Waals surface area contributed by atoms with Crippen LogP contribution in [-0.4, -0.2) is 26.0 Å². The van der Waals surface area contributed by atoms with E-state index in [1.807, 2.05) is 6.26 Å². The van der Waals surface area contributed by atoms with Crippen LogP contribution in [0, 0.1) is 11.6 Å². The molecule has 0 unspecified atom stereocenters. The fourth-order valence-electron chi connectivity index (χ4n) is 1.83. The molecule has 0 bridgehead atoms. The second-order valence-electron chi connectivity index (χ2n) is 4.81. The van der Waals surface area contributed by atoms with Gasteiger partial charge in [0, 0.05) is 17.8 Å². The third-order valence-electron chi connectivity index (χ3n) is 3.40. The summed E-state index contributed by atoms with van der Waals surface area (Å²) in [5.41, 5.74) is 5.58. The topological polar surface area (TPSA) is 72.2 Å². The van der Waals surface area contributed by atoms with Crippen LogP contribution >= 0.6 is 11.8 Å². The lowest BCUT2D eigenvalue weighted by Gasteiger charge is -2.14. The summed E-state index contributed by atoms with van der Waals surface area (Å²) in [5, 5.41) is 0. The van der Waals surface area contributed by atoms with Gasteiger partial charge in [0.05, 0.1) is 0 Å². The Morgan fingerprint density at radius 3 is 2.55 bits per heavy atom. The van der Waals surface area contributed by atoms with Crippen molar-refractivity contribution < 1.29 is 17.2 Å². The molecule has 20 heavy (non-hydrogen) atoms. The lowest BCUT2D eigenvalue weighted by Crippen LogP contribution is -2.32. The van der Waals surface area contributed by atoms with Crippen LogP contribution in [0.25, 0.3) is 0 Å². The Labute approximate surface area is 121 Å². The summed E-state index contributed by atoms with van der Waals surface area (Å²) in [4.78, 5) is -0.685. The van der Waals surface area contributed by atoms with Crippen LogP contribution < -0.4 is 10.5 Å². The molecule has 4 nitrogen and oxygen atoms in total. The van der Waals surface area contributed by atoms with Crippen molar-refractivity contribution in [3.63, 3.8) is 0 Å². The lowest BCUT2D eigenvalue weighted by molar-refractivity contribution is 0.481. The second-order valence-corrected chi connectivity index (χ2v) is 7.82. The van der Waals surface area contributed by atoms with Crippen LogP contribution in [0.2, 0.25) is 0 Å². The van der Waals surface area contributed by atoms with Crippen LogP contribution in [0.4, 0.5) is 8.78 Å². The molecule has 3 N–H and O–H groups in total. The smallest absolute Gasteiger partial charge is 0.243 e. The lowest BCUT2D eigenvalue weighted by atomic mass is 10.2. The fourth-order valence-corrected chi connectivity index (χ4v) is 3.91. The summed E-state index contributed by atoms with van der Waals surface area (Å²) in [7, 11) is -4.08. The summed E-state index contributed by atoms with van der Waals surface area (Å²) < 4.78 is 53.5. The molecule has 1 fully saturated rings. The molecule has 8 heteroatoms. The average Bonchev–Trinajstić information content (AvgIpc) is 3.20. The Hall–Kier alpha value is -0.700. The molecular formula is C12H16F2N2O2S2. The van der Waals surface area contributed by atoms with E-state index in [2.05, 4.69) is 4.72 Å². The number of hydrogen-bond acceptors (Lipinski definition) is 4. The molecule has 1 aromatic rings. The van der Waals surface area contributed by atoms with Crippen LogP contribution in [0.5, 0.6) is 0 Å². The molecule has 0 aromatic heterocycles. The summed E-state index contributed by atoms with van der Waals surface area (Å²) in [6, 6.07) is 1.97. The first-order chi connectivity index (χ1) is 9.33. The number of hydrogen-bond donors (Lipinski definition) is 2. The van der Waals surface area contributed by atoms with E-state index in [9.17, 15) is 17.2 Å². The number of nitrogens with two attached hydrogens (primary N) is 1. The van der Waals surface area contributed by atoms with Gasteiger partial charge in [-0.1, -0.05) is 0 Å². The van der Waals surface area contributed by atoms with Crippen LogP contribution in [0.15, 0.2) is 17.0 Å². The monoisotopic (exact) mass is 322 g/mol. The second kappa shape index (κ2) is 5.59. The fraction of sp³-hybridized carbons (Fsp3) is 0.500. The first kappa shape index (κ1) is 15.7. The highest BCUT2D eigenvalue weighted by atomic mass is 32.2. The normalized spacial score (nSPS) is 17.2. The Morgan fingerprint density at radius 1 is 1.40 bits per heavy atom. The van der Waals surface area contributed by atoms with Crippen molar-refractivity contribution >= 4 is 21.8 Å². The van der Waals surface area contributed by atoms with Crippen molar-refractivity contribution in [1.82, 2.24) is 4.72 Å². The minimum Gasteiger partial charge on any atom is -0.326 e. The van der Waals surface area contributed by atoms with Gasteiger partial charge in [0.2, 0.25) is 10.0 Å². The first-order valence-electron chi connectivity index (χ1n) is 6.06. The zero-order chi connectivity index (χ0) is 15.0. The zero-order valence-electron chi connectivity index (χ0n) is 10.9. The number of rotatable bonds is 6. The standard InChI is InChI=1S/C12H16F2N2O2S2/c1-19-12(2-3-12)7-16-20(17,18)10-5-8(6-15)4-9(13)11(10)14/h4-5,16H,2-3,6-7,15H2,1H3. The number of sulfonamides is 1. The summed E-state index contributed by atoms with van der Waals surface area (Å²) in [6.45, 7) is 0.152. The highest BCUT2D eigenvalue weighted by Gasteiger charge is 2.42. The first-order valence-corrected chi connectivity index (χ1v) is 8.77. The molecule has 2 rings (SSSR count). The molecule has 1 aromatic carbocycles. The molecule has 112 valence electrons. The highest BCUT2D eigenvalue weighted by Crippen LogP contribution is 2.46. The van der Waals surface area contributed by atoms with Gasteiger partial charge in [0.15, 0.2) is 11.6 Å². The van der Waals surface area contributed by atoms with Crippen molar-refractivity contribution in [2.24, 2.45) is 5.73 Å². The zero-order valence-corrected chi connectivity index (χ0v) is 12.6. The van der Waals surface area contributed by atoms with E-state index in [-0.39, 0.29) is 23.4 Å². The van der Waals surface area contributed by atoms with E-state index in [0.29, 0.717) is 0 Å². The number of thioether (sulfide) groups is 1. The third kappa shape index (κ3) is 3.13. The van der Waals surface area contributed by atoms with Gasteiger partial charge in [-0.3, -0.25) is 0 Å². The molecule has 0 heterocycles. The molecule has 1 saturated carbocycles. The number of nitrogens with one attached hydrogen (secondary N) is 1. The van der Waals surface area contributed by atoms with Crippen molar-refractivity contribution in [3.05, 3.63) is 29.3 Å².